The number of benzene rings is 1. The zero-order valence-electron chi connectivity index (χ0n) is 12.0. The number of aromatic nitrogens is 2. The van der Waals surface area contributed by atoms with Crippen molar-refractivity contribution in [3.8, 4) is 6.07 Å². The van der Waals surface area contributed by atoms with Gasteiger partial charge in [0.2, 0.25) is 0 Å². The molecule has 0 atom stereocenters. The van der Waals surface area contributed by atoms with E-state index in [9.17, 15) is 0 Å². The Morgan fingerprint density at radius 2 is 2.00 bits per heavy atom. The van der Waals surface area contributed by atoms with Gasteiger partial charge in [-0.15, -0.1) is 0 Å². The molecule has 0 saturated carbocycles. The molecule has 0 amide bonds. The molecule has 0 spiro atoms. The Labute approximate surface area is 128 Å². The average molecular weight is 292 g/mol. The molecule has 2 heterocycles. The van der Waals surface area contributed by atoms with Gasteiger partial charge in [0.15, 0.2) is 0 Å². The first kappa shape index (κ1) is 14.1. The molecule has 3 aromatic rings. The second-order valence-electron chi connectivity index (χ2n) is 5.03. The van der Waals surface area contributed by atoms with Crippen LogP contribution >= 0.6 is 0 Å². The summed E-state index contributed by atoms with van der Waals surface area (Å²) in [5.74, 6) is 0. The second kappa shape index (κ2) is 6.29. The van der Waals surface area contributed by atoms with Gasteiger partial charge < -0.3 is 14.8 Å². The van der Waals surface area contributed by atoms with Crippen LogP contribution < -0.4 is 5.32 Å². The van der Waals surface area contributed by atoms with Crippen LogP contribution in [0.4, 0.5) is 5.69 Å². The normalized spacial score (nSPS) is 10.5. The molecule has 0 aliphatic carbocycles. The lowest BCUT2D eigenvalue weighted by Crippen LogP contribution is -2.03. The number of pyridine rings is 1. The van der Waals surface area contributed by atoms with Gasteiger partial charge in [0.05, 0.1) is 24.0 Å². The number of nitrogens with zero attached hydrogens (tertiary/aromatic N) is 3. The summed E-state index contributed by atoms with van der Waals surface area (Å²) >= 11 is 0. The molecule has 2 aromatic heterocycles. The summed E-state index contributed by atoms with van der Waals surface area (Å²) < 4.78 is 1.92. The van der Waals surface area contributed by atoms with Crippen molar-refractivity contribution in [2.24, 2.45) is 0 Å². The zero-order valence-corrected chi connectivity index (χ0v) is 12.0. The quantitative estimate of drug-likeness (QED) is 0.757. The van der Waals surface area contributed by atoms with Crippen LogP contribution in [0.5, 0.6) is 0 Å². The lowest BCUT2D eigenvalue weighted by Gasteiger charge is -2.07. The van der Waals surface area contributed by atoms with Crippen LogP contribution in [0.2, 0.25) is 0 Å². The highest BCUT2D eigenvalue weighted by molar-refractivity contribution is 5.47. The molecular weight excluding hydrogens is 276 g/mol. The summed E-state index contributed by atoms with van der Waals surface area (Å²) in [4.78, 5) is 4.33. The molecule has 2 N–H and O–H groups in total. The Balaban J connectivity index is 1.75. The predicted octanol–water partition coefficient (Wildman–Crippen LogP) is 2.35. The number of nitriles is 1. The van der Waals surface area contributed by atoms with Crippen molar-refractivity contribution in [2.45, 2.75) is 13.0 Å². The second-order valence-corrected chi connectivity index (χ2v) is 5.03. The van der Waals surface area contributed by atoms with Gasteiger partial charge in [-0.25, -0.2) is 4.98 Å². The van der Waals surface area contributed by atoms with E-state index < -0.39 is 0 Å². The summed E-state index contributed by atoms with van der Waals surface area (Å²) in [6.45, 7) is 0.783. The van der Waals surface area contributed by atoms with Crippen LogP contribution in [0.3, 0.4) is 0 Å². The molecule has 0 aliphatic rings. The Bertz CT molecular complexity index is 815. The zero-order chi connectivity index (χ0) is 15.4. The number of aliphatic hydroxyl groups is 1. The molecule has 5 nitrogen and oxygen atoms in total. The fourth-order valence-corrected chi connectivity index (χ4v) is 2.34. The van der Waals surface area contributed by atoms with Crippen molar-refractivity contribution in [1.29, 1.82) is 5.26 Å². The standard InChI is InChI=1S/C17H16N4O/c18-9-14-3-6-17-20-11-16(21(17)12-14)10-19-15-4-1-13(2-5-15)7-8-22/h1-6,11-12,19,22H,7-8,10H2. The van der Waals surface area contributed by atoms with E-state index in [-0.39, 0.29) is 6.61 Å². The number of imidazole rings is 1. The van der Waals surface area contributed by atoms with Crippen LogP contribution in [0, 0.1) is 11.3 Å². The Hall–Kier alpha value is -2.84. The maximum atomic E-state index is 8.99. The topological polar surface area (TPSA) is 73.3 Å². The molecule has 1 aromatic carbocycles. The fourth-order valence-electron chi connectivity index (χ4n) is 2.34. The summed E-state index contributed by atoms with van der Waals surface area (Å²) in [6.07, 6.45) is 4.28. The van der Waals surface area contributed by atoms with Crippen molar-refractivity contribution in [2.75, 3.05) is 11.9 Å². The number of anilines is 1. The number of nitrogens with one attached hydrogen (secondary N) is 1. The van der Waals surface area contributed by atoms with E-state index in [0.29, 0.717) is 18.5 Å². The van der Waals surface area contributed by atoms with Crippen LogP contribution in [0.1, 0.15) is 16.8 Å². The first-order chi connectivity index (χ1) is 10.8. The van der Waals surface area contributed by atoms with Gasteiger partial charge in [-0.1, -0.05) is 12.1 Å². The molecular formula is C17H16N4O. The number of hydrogen-bond donors (Lipinski definition) is 2. The monoisotopic (exact) mass is 292 g/mol. The number of rotatable bonds is 5. The number of aliphatic hydroxyl groups excluding tert-OH is 1. The molecule has 0 saturated heterocycles. The smallest absolute Gasteiger partial charge is 0.137 e. The number of hydrogen-bond acceptors (Lipinski definition) is 4. The van der Waals surface area contributed by atoms with Crippen LogP contribution in [-0.4, -0.2) is 21.1 Å². The van der Waals surface area contributed by atoms with Crippen LogP contribution in [0.25, 0.3) is 5.65 Å². The fraction of sp³-hybridized carbons (Fsp3) is 0.176. The van der Waals surface area contributed by atoms with Crippen molar-refractivity contribution < 1.29 is 5.11 Å². The van der Waals surface area contributed by atoms with Crippen molar-refractivity contribution in [3.05, 3.63) is 65.6 Å². The SMILES string of the molecule is N#Cc1ccc2ncc(CNc3ccc(CCO)cc3)n2c1. The third-order valence-electron chi connectivity index (χ3n) is 3.54. The summed E-state index contributed by atoms with van der Waals surface area (Å²) in [5, 5.41) is 21.2. The Morgan fingerprint density at radius 1 is 1.18 bits per heavy atom. The van der Waals surface area contributed by atoms with E-state index in [4.69, 9.17) is 10.4 Å². The van der Waals surface area contributed by atoms with Crippen molar-refractivity contribution in [3.63, 3.8) is 0 Å². The molecule has 0 bridgehead atoms. The van der Waals surface area contributed by atoms with Crippen molar-refractivity contribution in [1.82, 2.24) is 9.38 Å². The van der Waals surface area contributed by atoms with Gasteiger partial charge >= 0.3 is 0 Å². The molecule has 22 heavy (non-hydrogen) atoms. The lowest BCUT2D eigenvalue weighted by molar-refractivity contribution is 0.299. The van der Waals surface area contributed by atoms with E-state index in [1.807, 2.05) is 40.9 Å². The molecule has 110 valence electrons. The maximum Gasteiger partial charge on any atom is 0.137 e. The van der Waals surface area contributed by atoms with E-state index >= 15 is 0 Å². The van der Waals surface area contributed by atoms with Gasteiger partial charge in [-0.2, -0.15) is 5.26 Å². The van der Waals surface area contributed by atoms with E-state index in [1.165, 1.54) is 0 Å². The third-order valence-corrected chi connectivity index (χ3v) is 3.54. The largest absolute Gasteiger partial charge is 0.396 e. The molecule has 5 heteroatoms. The number of fused-ring (bicyclic) bond motifs is 1. The molecule has 0 unspecified atom stereocenters. The average Bonchev–Trinajstić information content (AvgIpc) is 2.96. The highest BCUT2D eigenvalue weighted by atomic mass is 16.2. The highest BCUT2D eigenvalue weighted by Gasteiger charge is 2.04. The van der Waals surface area contributed by atoms with Gasteiger partial charge in [-0.3, -0.25) is 0 Å². The van der Waals surface area contributed by atoms with Gasteiger partial charge in [0.25, 0.3) is 0 Å². The minimum Gasteiger partial charge on any atom is -0.396 e. The summed E-state index contributed by atoms with van der Waals surface area (Å²) in [6, 6.07) is 13.7. The summed E-state index contributed by atoms with van der Waals surface area (Å²) in [7, 11) is 0. The first-order valence-corrected chi connectivity index (χ1v) is 7.10. The third kappa shape index (κ3) is 2.92. The Kier molecular flexibility index (Phi) is 4.03. The van der Waals surface area contributed by atoms with Crippen LogP contribution in [-0.2, 0) is 13.0 Å². The first-order valence-electron chi connectivity index (χ1n) is 7.10. The molecule has 0 radical (unpaired) electrons. The highest BCUT2D eigenvalue weighted by Crippen LogP contribution is 2.13. The maximum absolute atomic E-state index is 8.99. The van der Waals surface area contributed by atoms with Crippen molar-refractivity contribution >= 4 is 11.3 Å². The molecule has 3 rings (SSSR count). The van der Waals surface area contributed by atoms with Gasteiger partial charge in [-0.05, 0) is 36.2 Å². The molecule has 0 fully saturated rings. The van der Waals surface area contributed by atoms with Gasteiger partial charge in [0, 0.05) is 18.5 Å². The minimum atomic E-state index is 0.163. The minimum absolute atomic E-state index is 0.163. The lowest BCUT2D eigenvalue weighted by atomic mass is 10.1. The van der Waals surface area contributed by atoms with Crippen LogP contribution in [0.15, 0.2) is 48.8 Å². The Morgan fingerprint density at radius 3 is 2.73 bits per heavy atom. The van der Waals surface area contributed by atoms with E-state index in [2.05, 4.69) is 16.4 Å². The van der Waals surface area contributed by atoms with E-state index in [0.717, 1.165) is 22.6 Å². The van der Waals surface area contributed by atoms with E-state index in [1.54, 1.807) is 12.3 Å². The molecule has 0 aliphatic heterocycles. The van der Waals surface area contributed by atoms with Gasteiger partial charge in [0.1, 0.15) is 11.7 Å². The predicted molar refractivity (Wildman–Crippen MR) is 84.5 cm³/mol. The summed E-state index contributed by atoms with van der Waals surface area (Å²) in [5.41, 5.74) is 4.55.